The number of likely N-dealkylation sites (tertiary alicyclic amines) is 1. The van der Waals surface area contributed by atoms with E-state index in [4.69, 9.17) is 10.2 Å². The van der Waals surface area contributed by atoms with Crippen LogP contribution in [0.3, 0.4) is 0 Å². The summed E-state index contributed by atoms with van der Waals surface area (Å²) in [5.74, 6) is -0.374. The fraction of sp³-hybridized carbons (Fsp3) is 0.857. The van der Waals surface area contributed by atoms with Crippen molar-refractivity contribution in [1.29, 1.82) is 0 Å². The standard InChI is InChI=1S/C7H13NO3/c9-5-6-3-8(4-6)2-1-7(10)11/h6,9H,1-5H2,(H,10,11). The Morgan fingerprint density at radius 1 is 1.55 bits per heavy atom. The van der Waals surface area contributed by atoms with E-state index in [1.165, 1.54) is 0 Å². The molecule has 4 nitrogen and oxygen atoms in total. The Bertz CT molecular complexity index is 143. The highest BCUT2D eigenvalue weighted by molar-refractivity contribution is 5.66. The average Bonchev–Trinajstić information content (AvgIpc) is 1.84. The van der Waals surface area contributed by atoms with Crippen LogP contribution in [0.1, 0.15) is 6.42 Å². The predicted octanol–water partition coefficient (Wildman–Crippen LogP) is -0.615. The Hall–Kier alpha value is -0.610. The number of hydrogen-bond donors (Lipinski definition) is 2. The predicted molar refractivity (Wildman–Crippen MR) is 39.3 cm³/mol. The van der Waals surface area contributed by atoms with E-state index in [1.54, 1.807) is 0 Å². The third-order valence-electron chi connectivity index (χ3n) is 1.93. The molecule has 2 N–H and O–H groups in total. The van der Waals surface area contributed by atoms with Crippen LogP contribution >= 0.6 is 0 Å². The molecule has 0 saturated carbocycles. The molecule has 1 heterocycles. The minimum absolute atomic E-state index is 0.206. The minimum atomic E-state index is -0.752. The lowest BCUT2D eigenvalue weighted by Crippen LogP contribution is -2.48. The van der Waals surface area contributed by atoms with Gasteiger partial charge in [-0.05, 0) is 0 Å². The highest BCUT2D eigenvalue weighted by Crippen LogP contribution is 2.13. The number of rotatable bonds is 4. The number of aliphatic hydroxyl groups excluding tert-OH is 1. The largest absolute Gasteiger partial charge is 0.481 e. The molecule has 0 aliphatic carbocycles. The number of aliphatic hydroxyl groups is 1. The van der Waals surface area contributed by atoms with E-state index < -0.39 is 5.97 Å². The molecule has 1 rings (SSSR count). The Morgan fingerprint density at radius 2 is 2.18 bits per heavy atom. The maximum atomic E-state index is 10.1. The number of carbonyl (C=O) groups is 1. The second-order valence-electron chi connectivity index (χ2n) is 2.95. The van der Waals surface area contributed by atoms with Crippen LogP contribution in [-0.2, 0) is 4.79 Å². The molecule has 0 spiro atoms. The van der Waals surface area contributed by atoms with Crippen molar-refractivity contribution in [2.75, 3.05) is 26.2 Å². The van der Waals surface area contributed by atoms with Crippen molar-refractivity contribution >= 4 is 5.97 Å². The molecule has 0 amide bonds. The van der Waals surface area contributed by atoms with Gasteiger partial charge in [0.05, 0.1) is 6.42 Å². The monoisotopic (exact) mass is 159 g/mol. The third-order valence-corrected chi connectivity index (χ3v) is 1.93. The van der Waals surface area contributed by atoms with Crippen LogP contribution in [0.5, 0.6) is 0 Å². The summed E-state index contributed by atoms with van der Waals surface area (Å²) in [6.07, 6.45) is 0.206. The van der Waals surface area contributed by atoms with Gasteiger partial charge in [-0.25, -0.2) is 0 Å². The quantitative estimate of drug-likeness (QED) is 0.574. The SMILES string of the molecule is O=C(O)CCN1CC(CO)C1. The Kier molecular flexibility index (Phi) is 2.84. The zero-order valence-electron chi connectivity index (χ0n) is 6.36. The Morgan fingerprint density at radius 3 is 2.64 bits per heavy atom. The Balaban J connectivity index is 2.00. The molecular formula is C7H13NO3. The van der Waals surface area contributed by atoms with E-state index in [1.807, 2.05) is 4.90 Å². The lowest BCUT2D eigenvalue weighted by atomic mass is 10.0. The second-order valence-corrected chi connectivity index (χ2v) is 2.95. The zero-order chi connectivity index (χ0) is 8.27. The number of aliphatic carboxylic acids is 1. The third kappa shape index (κ3) is 2.48. The van der Waals surface area contributed by atoms with Crippen LogP contribution in [-0.4, -0.2) is 47.3 Å². The van der Waals surface area contributed by atoms with Crippen molar-refractivity contribution in [3.8, 4) is 0 Å². The fourth-order valence-corrected chi connectivity index (χ4v) is 1.23. The van der Waals surface area contributed by atoms with E-state index in [2.05, 4.69) is 0 Å². The van der Waals surface area contributed by atoms with Crippen molar-refractivity contribution in [3.63, 3.8) is 0 Å². The van der Waals surface area contributed by atoms with Crippen LogP contribution in [0.15, 0.2) is 0 Å². The van der Waals surface area contributed by atoms with Gasteiger partial charge in [0.1, 0.15) is 0 Å². The van der Waals surface area contributed by atoms with Crippen molar-refractivity contribution in [3.05, 3.63) is 0 Å². The summed E-state index contributed by atoms with van der Waals surface area (Å²) in [6.45, 7) is 2.54. The van der Waals surface area contributed by atoms with Crippen LogP contribution in [0.2, 0.25) is 0 Å². The van der Waals surface area contributed by atoms with Crippen LogP contribution in [0.25, 0.3) is 0 Å². The van der Waals surface area contributed by atoms with Gasteiger partial charge in [0.2, 0.25) is 0 Å². The Labute approximate surface area is 65.4 Å². The minimum Gasteiger partial charge on any atom is -0.481 e. The van der Waals surface area contributed by atoms with Gasteiger partial charge in [0, 0.05) is 32.2 Å². The molecule has 4 heteroatoms. The molecule has 0 aromatic carbocycles. The van der Waals surface area contributed by atoms with E-state index >= 15 is 0 Å². The summed E-state index contributed by atoms with van der Waals surface area (Å²) in [5.41, 5.74) is 0. The molecule has 0 aromatic rings. The first-order chi connectivity index (χ1) is 5.22. The summed E-state index contributed by atoms with van der Waals surface area (Å²) in [4.78, 5) is 12.2. The average molecular weight is 159 g/mol. The number of carboxylic acid groups (broad SMARTS) is 1. The highest BCUT2D eigenvalue weighted by atomic mass is 16.4. The molecule has 0 bridgehead atoms. The number of nitrogens with zero attached hydrogens (tertiary/aromatic N) is 1. The molecule has 1 aliphatic rings. The van der Waals surface area contributed by atoms with Gasteiger partial charge in [-0.1, -0.05) is 0 Å². The maximum absolute atomic E-state index is 10.1. The lowest BCUT2D eigenvalue weighted by Gasteiger charge is -2.37. The van der Waals surface area contributed by atoms with Gasteiger partial charge in [-0.2, -0.15) is 0 Å². The lowest BCUT2D eigenvalue weighted by molar-refractivity contribution is -0.137. The summed E-state index contributed by atoms with van der Waals surface area (Å²) >= 11 is 0. The molecule has 1 aliphatic heterocycles. The first kappa shape index (κ1) is 8.49. The van der Waals surface area contributed by atoms with Gasteiger partial charge >= 0.3 is 5.97 Å². The zero-order valence-corrected chi connectivity index (χ0v) is 6.36. The topological polar surface area (TPSA) is 60.8 Å². The van der Waals surface area contributed by atoms with E-state index in [0.717, 1.165) is 13.1 Å². The molecule has 0 unspecified atom stereocenters. The highest BCUT2D eigenvalue weighted by Gasteiger charge is 2.25. The van der Waals surface area contributed by atoms with Crippen LogP contribution in [0, 0.1) is 5.92 Å². The molecular weight excluding hydrogens is 146 g/mol. The normalized spacial score (nSPS) is 19.7. The molecule has 0 aromatic heterocycles. The maximum Gasteiger partial charge on any atom is 0.304 e. The number of carboxylic acids is 1. The fourth-order valence-electron chi connectivity index (χ4n) is 1.23. The van der Waals surface area contributed by atoms with E-state index in [9.17, 15) is 4.79 Å². The van der Waals surface area contributed by atoms with Gasteiger partial charge < -0.3 is 15.1 Å². The summed E-state index contributed by atoms with van der Waals surface area (Å²) < 4.78 is 0. The second kappa shape index (κ2) is 3.69. The van der Waals surface area contributed by atoms with Gasteiger partial charge in [-0.15, -0.1) is 0 Å². The van der Waals surface area contributed by atoms with Crippen molar-refractivity contribution in [2.24, 2.45) is 5.92 Å². The molecule has 64 valence electrons. The summed E-state index contributed by atoms with van der Waals surface area (Å²) in [6, 6.07) is 0. The van der Waals surface area contributed by atoms with Crippen LogP contribution < -0.4 is 0 Å². The smallest absolute Gasteiger partial charge is 0.304 e. The van der Waals surface area contributed by atoms with Gasteiger partial charge in [0.15, 0.2) is 0 Å². The van der Waals surface area contributed by atoms with E-state index in [-0.39, 0.29) is 13.0 Å². The van der Waals surface area contributed by atoms with Crippen molar-refractivity contribution in [2.45, 2.75) is 6.42 Å². The van der Waals surface area contributed by atoms with E-state index in [0.29, 0.717) is 12.5 Å². The molecule has 1 saturated heterocycles. The van der Waals surface area contributed by atoms with Gasteiger partial charge in [0.25, 0.3) is 0 Å². The van der Waals surface area contributed by atoms with Crippen LogP contribution in [0.4, 0.5) is 0 Å². The van der Waals surface area contributed by atoms with Crippen molar-refractivity contribution < 1.29 is 15.0 Å². The van der Waals surface area contributed by atoms with Gasteiger partial charge in [-0.3, -0.25) is 4.79 Å². The van der Waals surface area contributed by atoms with Crippen molar-refractivity contribution in [1.82, 2.24) is 4.90 Å². The first-order valence-electron chi connectivity index (χ1n) is 3.77. The first-order valence-corrected chi connectivity index (χ1v) is 3.77. The molecule has 1 fully saturated rings. The molecule has 11 heavy (non-hydrogen) atoms. The summed E-state index contributed by atoms with van der Waals surface area (Å²) in [5, 5.41) is 17.0. The molecule has 0 atom stereocenters. The molecule has 0 radical (unpaired) electrons. The summed E-state index contributed by atoms with van der Waals surface area (Å²) in [7, 11) is 0. The number of hydrogen-bond acceptors (Lipinski definition) is 3.